The van der Waals surface area contributed by atoms with Crippen molar-refractivity contribution in [2.75, 3.05) is 7.05 Å². The summed E-state index contributed by atoms with van der Waals surface area (Å²) in [4.78, 5) is 0. The lowest BCUT2D eigenvalue weighted by Crippen LogP contribution is -3.00. The minimum atomic E-state index is 0. The number of halogens is 4. The fourth-order valence-corrected chi connectivity index (χ4v) is 4.67. The SMILES string of the molecule is C[N+](Cc1cc(Br)ccc1O)(Cc1cc(Br)ccc1O)Cc1cc(Br)ccc1O.[I-]. The molecule has 4 nitrogen and oxygen atoms in total. The van der Waals surface area contributed by atoms with E-state index in [1.165, 1.54) is 0 Å². The zero-order valence-corrected chi connectivity index (χ0v) is 23.0. The average molecular weight is 714 g/mol. The second-order valence-electron chi connectivity index (χ2n) is 7.41. The average Bonchev–Trinajstić information content (AvgIpc) is 2.64. The summed E-state index contributed by atoms with van der Waals surface area (Å²) in [5.41, 5.74) is 2.35. The maximum atomic E-state index is 10.4. The molecule has 8 heteroatoms. The first-order chi connectivity index (χ1) is 13.6. The Kier molecular flexibility index (Phi) is 9.05. The zero-order chi connectivity index (χ0) is 21.2. The van der Waals surface area contributed by atoms with E-state index in [4.69, 9.17) is 0 Å². The second kappa shape index (κ2) is 10.7. The minimum Gasteiger partial charge on any atom is -1.00 e. The number of phenols is 3. The first kappa shape index (κ1) is 25.5. The smallest absolute Gasteiger partial charge is 0.124 e. The molecule has 0 bridgehead atoms. The summed E-state index contributed by atoms with van der Waals surface area (Å²) in [5, 5.41) is 31.1. The van der Waals surface area contributed by atoms with Gasteiger partial charge in [-0.15, -0.1) is 0 Å². The van der Waals surface area contributed by atoms with Gasteiger partial charge in [0.05, 0.1) is 7.05 Å². The van der Waals surface area contributed by atoms with Crippen molar-refractivity contribution < 1.29 is 43.8 Å². The lowest BCUT2D eigenvalue weighted by atomic mass is 10.1. The monoisotopic (exact) mass is 711 g/mol. The summed E-state index contributed by atoms with van der Waals surface area (Å²) < 4.78 is 3.07. The van der Waals surface area contributed by atoms with Crippen LogP contribution in [0.4, 0.5) is 0 Å². The largest absolute Gasteiger partial charge is 1.00 e. The van der Waals surface area contributed by atoms with Crippen LogP contribution in [0.3, 0.4) is 0 Å². The molecular weight excluding hydrogens is 693 g/mol. The Balaban J connectivity index is 0.00000320. The number of phenolic OH excluding ortho intramolecular Hbond substituents is 3. The van der Waals surface area contributed by atoms with Gasteiger partial charge in [0.1, 0.15) is 36.9 Å². The summed E-state index contributed by atoms with van der Waals surface area (Å²) in [6, 6.07) is 16.1. The number of aromatic hydroxyl groups is 3. The Hall–Kier alpha value is -0.810. The van der Waals surface area contributed by atoms with Gasteiger partial charge in [0.25, 0.3) is 0 Å². The molecule has 0 heterocycles. The summed E-state index contributed by atoms with van der Waals surface area (Å²) in [6.45, 7) is 1.51. The van der Waals surface area contributed by atoms with E-state index in [9.17, 15) is 15.3 Å². The highest BCUT2D eigenvalue weighted by Crippen LogP contribution is 2.33. The number of hydrogen-bond donors (Lipinski definition) is 3. The molecule has 0 unspecified atom stereocenters. The fourth-order valence-electron chi connectivity index (χ4n) is 3.44. The normalized spacial score (nSPS) is 11.2. The summed E-state index contributed by atoms with van der Waals surface area (Å²) in [6.07, 6.45) is 0. The summed E-state index contributed by atoms with van der Waals surface area (Å²) in [5.74, 6) is 0.651. The van der Waals surface area contributed by atoms with Gasteiger partial charge in [-0.05, 0) is 54.6 Å². The quantitative estimate of drug-likeness (QED) is 0.271. The Morgan fingerprint density at radius 3 is 1.13 bits per heavy atom. The topological polar surface area (TPSA) is 60.7 Å². The molecule has 3 aromatic carbocycles. The number of nitrogens with zero attached hydrogens (tertiary/aromatic N) is 1. The highest BCUT2D eigenvalue weighted by molar-refractivity contribution is 9.11. The fraction of sp³-hybridized carbons (Fsp3) is 0.182. The first-order valence-electron chi connectivity index (χ1n) is 8.91. The van der Waals surface area contributed by atoms with Gasteiger partial charge in [0.2, 0.25) is 0 Å². The maximum Gasteiger partial charge on any atom is 0.124 e. The Bertz CT molecular complexity index is 916. The van der Waals surface area contributed by atoms with Crippen molar-refractivity contribution in [2.45, 2.75) is 19.6 Å². The Labute approximate surface area is 218 Å². The molecule has 0 radical (unpaired) electrons. The summed E-state index contributed by atoms with van der Waals surface area (Å²) >= 11 is 10.4. The maximum absolute atomic E-state index is 10.4. The summed E-state index contributed by atoms with van der Waals surface area (Å²) in [7, 11) is 2.04. The first-order valence-corrected chi connectivity index (χ1v) is 11.3. The van der Waals surface area contributed by atoms with Crippen LogP contribution in [0.15, 0.2) is 68.0 Å². The highest BCUT2D eigenvalue weighted by Gasteiger charge is 2.28. The van der Waals surface area contributed by atoms with E-state index in [2.05, 4.69) is 47.8 Å². The van der Waals surface area contributed by atoms with Crippen LogP contribution in [0.25, 0.3) is 0 Å². The molecule has 0 aliphatic carbocycles. The zero-order valence-electron chi connectivity index (χ0n) is 16.1. The minimum absolute atomic E-state index is 0. The van der Waals surface area contributed by atoms with Crippen LogP contribution in [0, 0.1) is 0 Å². The third-order valence-corrected chi connectivity index (χ3v) is 6.26. The van der Waals surface area contributed by atoms with Crippen molar-refractivity contribution in [2.24, 2.45) is 0 Å². The molecule has 0 aliphatic rings. The number of rotatable bonds is 6. The van der Waals surface area contributed by atoms with Crippen LogP contribution in [-0.2, 0) is 19.6 Å². The van der Waals surface area contributed by atoms with Gasteiger partial charge >= 0.3 is 0 Å². The van der Waals surface area contributed by atoms with E-state index >= 15 is 0 Å². The van der Waals surface area contributed by atoms with Crippen molar-refractivity contribution in [3.63, 3.8) is 0 Å². The van der Waals surface area contributed by atoms with Crippen molar-refractivity contribution in [3.8, 4) is 17.2 Å². The van der Waals surface area contributed by atoms with Crippen molar-refractivity contribution in [1.82, 2.24) is 0 Å². The number of quaternary nitrogens is 1. The lowest BCUT2D eigenvalue weighted by Gasteiger charge is -2.35. The van der Waals surface area contributed by atoms with Gasteiger partial charge < -0.3 is 43.8 Å². The van der Waals surface area contributed by atoms with E-state index in [1.807, 2.05) is 25.2 Å². The molecule has 30 heavy (non-hydrogen) atoms. The predicted octanol–water partition coefficient (Wildman–Crippen LogP) is 3.44. The number of benzene rings is 3. The molecule has 0 saturated heterocycles. The van der Waals surface area contributed by atoms with Gasteiger partial charge in [0.15, 0.2) is 0 Å². The molecule has 0 aliphatic heterocycles. The number of hydrogen-bond acceptors (Lipinski definition) is 3. The van der Waals surface area contributed by atoms with Crippen LogP contribution < -0.4 is 24.0 Å². The molecule has 0 fully saturated rings. The van der Waals surface area contributed by atoms with Crippen LogP contribution >= 0.6 is 47.8 Å². The van der Waals surface area contributed by atoms with Crippen molar-refractivity contribution in [3.05, 3.63) is 84.7 Å². The van der Waals surface area contributed by atoms with E-state index < -0.39 is 0 Å². The predicted molar refractivity (Wildman–Crippen MR) is 125 cm³/mol. The van der Waals surface area contributed by atoms with E-state index in [0.717, 1.165) is 30.1 Å². The molecule has 0 spiro atoms. The molecule has 3 N–H and O–H groups in total. The standard InChI is InChI=1S/C22H20Br3NO3.HI/c1-26(11-14-8-17(23)2-5-20(14)27,12-15-9-18(24)3-6-21(15)28)13-16-10-19(25)4-7-22(16)29;/h2-10H,11-13H2,1H3,(H2-,27,28,29);1H. The highest BCUT2D eigenvalue weighted by atomic mass is 127. The van der Waals surface area contributed by atoms with Gasteiger partial charge in [-0.3, -0.25) is 0 Å². The second-order valence-corrected chi connectivity index (χ2v) is 10.2. The third-order valence-electron chi connectivity index (χ3n) is 4.78. The van der Waals surface area contributed by atoms with Gasteiger partial charge in [-0.2, -0.15) is 0 Å². The lowest BCUT2D eigenvalue weighted by molar-refractivity contribution is -0.948. The molecular formula is C22H21Br3INO3. The van der Waals surface area contributed by atoms with Gasteiger partial charge in [0, 0.05) is 30.1 Å². The Morgan fingerprint density at radius 1 is 0.600 bits per heavy atom. The molecule has 0 amide bonds. The third kappa shape index (κ3) is 6.59. The van der Waals surface area contributed by atoms with Crippen LogP contribution in [0.1, 0.15) is 16.7 Å². The van der Waals surface area contributed by atoms with E-state index in [1.54, 1.807) is 36.4 Å². The van der Waals surface area contributed by atoms with Crippen molar-refractivity contribution >= 4 is 47.8 Å². The van der Waals surface area contributed by atoms with E-state index in [-0.39, 0.29) is 41.2 Å². The molecule has 0 saturated carbocycles. The van der Waals surface area contributed by atoms with Gasteiger partial charge in [-0.25, -0.2) is 0 Å². The van der Waals surface area contributed by atoms with Crippen molar-refractivity contribution in [1.29, 1.82) is 0 Å². The van der Waals surface area contributed by atoms with Crippen LogP contribution in [-0.4, -0.2) is 26.9 Å². The van der Waals surface area contributed by atoms with Crippen LogP contribution in [0.2, 0.25) is 0 Å². The van der Waals surface area contributed by atoms with Gasteiger partial charge in [-0.1, -0.05) is 47.8 Å². The van der Waals surface area contributed by atoms with E-state index in [0.29, 0.717) is 24.1 Å². The molecule has 160 valence electrons. The van der Waals surface area contributed by atoms with Crippen LogP contribution in [0.5, 0.6) is 17.2 Å². The molecule has 3 aromatic rings. The molecule has 0 atom stereocenters. The molecule has 0 aromatic heterocycles. The Morgan fingerprint density at radius 2 is 0.867 bits per heavy atom. The molecule has 3 rings (SSSR count).